The van der Waals surface area contributed by atoms with Crippen molar-refractivity contribution in [2.45, 2.75) is 83.1 Å². The van der Waals surface area contributed by atoms with Gasteiger partial charge in [0.15, 0.2) is 6.10 Å². The van der Waals surface area contributed by atoms with E-state index in [1.54, 1.807) is 20.8 Å². The molecule has 10 heteroatoms. The first-order valence-electron chi connectivity index (χ1n) is 10.9. The molecule has 2 rings (SSSR count). The Labute approximate surface area is 193 Å². The molecule has 1 aliphatic rings. The number of hydrogen-bond donors (Lipinski definition) is 4. The average Bonchev–Trinajstić information content (AvgIpc) is 2.74. The molecule has 1 fully saturated rings. The van der Waals surface area contributed by atoms with E-state index in [4.69, 9.17) is 14.2 Å². The van der Waals surface area contributed by atoms with Crippen molar-refractivity contribution in [1.82, 2.24) is 10.6 Å². The quantitative estimate of drug-likeness (QED) is 0.416. The fourth-order valence-corrected chi connectivity index (χ4v) is 3.35. The molecule has 0 aliphatic heterocycles. The van der Waals surface area contributed by atoms with Gasteiger partial charge in [-0.3, -0.25) is 4.79 Å². The maximum Gasteiger partial charge on any atom is 0.408 e. The van der Waals surface area contributed by atoms with Crippen LogP contribution in [0.1, 0.15) is 46.1 Å². The molecular formula is C23H34N2O8. The number of aliphatic hydroxyl groups is 2. The lowest BCUT2D eigenvalue weighted by molar-refractivity contribution is -0.171. The summed E-state index contributed by atoms with van der Waals surface area (Å²) in [6.07, 6.45) is -4.65. The van der Waals surface area contributed by atoms with Crippen molar-refractivity contribution < 1.29 is 38.8 Å². The molecule has 1 aliphatic carbocycles. The van der Waals surface area contributed by atoms with E-state index in [0.717, 1.165) is 5.56 Å². The summed E-state index contributed by atoms with van der Waals surface area (Å²) in [7, 11) is 0. The van der Waals surface area contributed by atoms with E-state index in [0.29, 0.717) is 12.8 Å². The molecule has 184 valence electrons. The standard InChI is InChI=1S/C23H34N2O8/c1-14(32-22(30)24-12-15-8-6-5-7-9-15)21(29)25-16-10-11-17(20(28)19(16)27)31-13-18(26)33-23(2,3)4/h5-9,14,16-17,19-20,27-28H,10-13H2,1-4H3,(H,24,30)(H,25,29)/t14-,16-,17-,19-,20+/m0/s1. The minimum atomic E-state index is -1.31. The van der Waals surface area contributed by atoms with Crippen LogP contribution in [0.15, 0.2) is 30.3 Å². The summed E-state index contributed by atoms with van der Waals surface area (Å²) < 4.78 is 15.6. The summed E-state index contributed by atoms with van der Waals surface area (Å²) in [5.41, 5.74) is 0.229. The second-order valence-corrected chi connectivity index (χ2v) is 9.00. The van der Waals surface area contributed by atoms with Crippen molar-refractivity contribution in [3.05, 3.63) is 35.9 Å². The fraction of sp³-hybridized carbons (Fsp3) is 0.609. The van der Waals surface area contributed by atoms with Crippen molar-refractivity contribution >= 4 is 18.0 Å². The van der Waals surface area contributed by atoms with E-state index >= 15 is 0 Å². The van der Waals surface area contributed by atoms with Crippen LogP contribution < -0.4 is 10.6 Å². The van der Waals surface area contributed by atoms with Crippen molar-refractivity contribution in [3.63, 3.8) is 0 Å². The van der Waals surface area contributed by atoms with Crippen molar-refractivity contribution in [2.75, 3.05) is 6.61 Å². The number of nitrogens with one attached hydrogen (secondary N) is 2. The first-order chi connectivity index (χ1) is 15.5. The smallest absolute Gasteiger partial charge is 0.408 e. The second-order valence-electron chi connectivity index (χ2n) is 9.00. The highest BCUT2D eigenvalue weighted by Gasteiger charge is 2.39. The summed E-state index contributed by atoms with van der Waals surface area (Å²) in [6.45, 7) is 6.51. The highest BCUT2D eigenvalue weighted by atomic mass is 16.6. The number of amides is 2. The van der Waals surface area contributed by atoms with Crippen LogP contribution in [0.25, 0.3) is 0 Å². The average molecular weight is 467 g/mol. The Morgan fingerprint density at radius 3 is 2.39 bits per heavy atom. The van der Waals surface area contributed by atoms with E-state index < -0.39 is 54.0 Å². The number of carbonyl (C=O) groups excluding carboxylic acids is 3. The molecule has 0 spiro atoms. The normalized spacial score (nSPS) is 23.8. The largest absolute Gasteiger partial charge is 0.458 e. The maximum absolute atomic E-state index is 12.4. The van der Waals surface area contributed by atoms with Crippen LogP contribution in [0.3, 0.4) is 0 Å². The van der Waals surface area contributed by atoms with Gasteiger partial charge in [-0.25, -0.2) is 9.59 Å². The molecule has 0 heterocycles. The molecule has 0 saturated heterocycles. The van der Waals surface area contributed by atoms with Gasteiger partial charge in [0.25, 0.3) is 5.91 Å². The molecule has 0 aromatic heterocycles. The molecule has 0 radical (unpaired) electrons. The maximum atomic E-state index is 12.4. The monoisotopic (exact) mass is 466 g/mol. The molecule has 10 nitrogen and oxygen atoms in total. The minimum Gasteiger partial charge on any atom is -0.458 e. The molecule has 0 bridgehead atoms. The number of esters is 1. The van der Waals surface area contributed by atoms with Gasteiger partial charge in [-0.2, -0.15) is 0 Å². The first kappa shape index (κ1) is 26.6. The van der Waals surface area contributed by atoms with Gasteiger partial charge in [0.1, 0.15) is 24.4 Å². The fourth-order valence-electron chi connectivity index (χ4n) is 3.35. The molecule has 33 heavy (non-hydrogen) atoms. The Morgan fingerprint density at radius 2 is 1.76 bits per heavy atom. The molecule has 1 aromatic rings. The summed E-state index contributed by atoms with van der Waals surface area (Å²) in [6, 6.07) is 8.48. The van der Waals surface area contributed by atoms with E-state index in [-0.39, 0.29) is 13.2 Å². The lowest BCUT2D eigenvalue weighted by Crippen LogP contribution is -2.58. The molecule has 5 atom stereocenters. The Bertz CT molecular complexity index is 795. The van der Waals surface area contributed by atoms with Crippen molar-refractivity contribution in [2.24, 2.45) is 0 Å². The SMILES string of the molecule is C[C@H](OC(=O)NCc1ccccc1)C(=O)N[C@H]1CC[C@H](OCC(=O)OC(C)(C)C)[C@@H](O)[C@H]1O. The lowest BCUT2D eigenvalue weighted by Gasteiger charge is -2.37. The van der Waals surface area contributed by atoms with Crippen LogP contribution in [-0.2, 0) is 30.3 Å². The Kier molecular flexibility index (Phi) is 9.63. The Balaban J connectivity index is 1.75. The van der Waals surface area contributed by atoms with E-state index in [2.05, 4.69) is 10.6 Å². The molecule has 4 N–H and O–H groups in total. The number of ether oxygens (including phenoxy) is 3. The van der Waals surface area contributed by atoms with Crippen molar-refractivity contribution in [1.29, 1.82) is 0 Å². The second kappa shape index (κ2) is 12.0. The highest BCUT2D eigenvalue weighted by molar-refractivity contribution is 5.83. The number of hydrogen-bond acceptors (Lipinski definition) is 8. The zero-order valence-electron chi connectivity index (χ0n) is 19.4. The molecule has 2 amide bonds. The predicted molar refractivity (Wildman–Crippen MR) is 118 cm³/mol. The highest BCUT2D eigenvalue weighted by Crippen LogP contribution is 2.23. The molecule has 0 unspecified atom stereocenters. The van der Waals surface area contributed by atoms with Gasteiger partial charge in [-0.05, 0) is 46.1 Å². The Hall–Kier alpha value is -2.69. The zero-order chi connectivity index (χ0) is 24.6. The molecule has 1 aromatic carbocycles. The first-order valence-corrected chi connectivity index (χ1v) is 10.9. The third kappa shape index (κ3) is 8.99. The third-order valence-corrected chi connectivity index (χ3v) is 5.00. The number of benzene rings is 1. The lowest BCUT2D eigenvalue weighted by atomic mass is 9.87. The van der Waals surface area contributed by atoms with Gasteiger partial charge in [0.05, 0.1) is 12.1 Å². The molecule has 1 saturated carbocycles. The van der Waals surface area contributed by atoms with Crippen LogP contribution in [0.4, 0.5) is 4.79 Å². The number of aliphatic hydroxyl groups excluding tert-OH is 2. The predicted octanol–water partition coefficient (Wildman–Crippen LogP) is 1.03. The van der Waals surface area contributed by atoms with Crippen LogP contribution >= 0.6 is 0 Å². The summed E-state index contributed by atoms with van der Waals surface area (Å²) in [5, 5.41) is 25.9. The van der Waals surface area contributed by atoms with E-state index in [1.165, 1.54) is 6.92 Å². The minimum absolute atomic E-state index is 0.256. The summed E-state index contributed by atoms with van der Waals surface area (Å²) in [5.74, 6) is -1.18. The van der Waals surface area contributed by atoms with Gasteiger partial charge in [0.2, 0.25) is 0 Å². The van der Waals surface area contributed by atoms with Gasteiger partial charge >= 0.3 is 12.1 Å². The van der Waals surface area contributed by atoms with Crippen molar-refractivity contribution in [3.8, 4) is 0 Å². The zero-order valence-corrected chi connectivity index (χ0v) is 19.4. The summed E-state index contributed by atoms with van der Waals surface area (Å²) >= 11 is 0. The van der Waals surface area contributed by atoms with Crippen LogP contribution in [0.5, 0.6) is 0 Å². The van der Waals surface area contributed by atoms with Gasteiger partial charge in [-0.1, -0.05) is 30.3 Å². The number of rotatable bonds is 8. The van der Waals surface area contributed by atoms with Crippen LogP contribution in [0, 0.1) is 0 Å². The summed E-state index contributed by atoms with van der Waals surface area (Å²) in [4.78, 5) is 36.1. The van der Waals surface area contributed by atoms with E-state index in [1.807, 2.05) is 30.3 Å². The third-order valence-electron chi connectivity index (χ3n) is 5.00. The topological polar surface area (TPSA) is 143 Å². The van der Waals surface area contributed by atoms with Gasteiger partial charge < -0.3 is 35.1 Å². The number of carbonyl (C=O) groups is 3. The number of alkyl carbamates (subject to hydrolysis) is 1. The van der Waals surface area contributed by atoms with Crippen LogP contribution in [-0.4, -0.2) is 70.8 Å². The van der Waals surface area contributed by atoms with Crippen LogP contribution in [0.2, 0.25) is 0 Å². The van der Waals surface area contributed by atoms with Gasteiger partial charge in [-0.15, -0.1) is 0 Å². The van der Waals surface area contributed by atoms with Gasteiger partial charge in [0, 0.05) is 6.54 Å². The van der Waals surface area contributed by atoms with E-state index in [9.17, 15) is 24.6 Å². The molecular weight excluding hydrogens is 432 g/mol. The Morgan fingerprint density at radius 1 is 1.09 bits per heavy atom.